The molecule has 17 nitrogen and oxygen atoms in total. The van der Waals surface area contributed by atoms with Crippen LogP contribution in [-0.4, -0.2) is 174 Å². The molecule has 4 rings (SSSR count). The first-order valence-electron chi connectivity index (χ1n) is 27.5. The second kappa shape index (κ2) is 32.4. The van der Waals surface area contributed by atoms with Gasteiger partial charge in [-0.25, -0.2) is 4.79 Å². The van der Waals surface area contributed by atoms with Crippen LogP contribution >= 0.6 is 0 Å². The number of cyclic esters (lactones) is 1. The van der Waals surface area contributed by atoms with E-state index in [1.54, 1.807) is 48.2 Å². The van der Waals surface area contributed by atoms with Crippen LogP contribution in [0.2, 0.25) is 0 Å². The van der Waals surface area contributed by atoms with Gasteiger partial charge in [0.25, 0.3) is 11.7 Å². The van der Waals surface area contributed by atoms with Crippen molar-refractivity contribution in [3.63, 3.8) is 0 Å². The quantitative estimate of drug-likeness (QED) is 0.0698. The minimum Gasteiger partial charge on any atom is -0.460 e. The molecule has 17 heteroatoms. The summed E-state index contributed by atoms with van der Waals surface area (Å²) in [5, 5.41) is 23.6. The molecular formula is C58H93NO16. The summed E-state index contributed by atoms with van der Waals surface area (Å²) in [5.41, 5.74) is 1.27. The van der Waals surface area contributed by atoms with E-state index in [2.05, 4.69) is 0 Å². The highest BCUT2D eigenvalue weighted by molar-refractivity contribution is 6.39. The lowest BCUT2D eigenvalue weighted by Crippen LogP contribution is -2.61. The van der Waals surface area contributed by atoms with Gasteiger partial charge in [0.05, 0.1) is 64.1 Å². The number of aliphatic hydroxyl groups is 2. The lowest BCUT2D eigenvalue weighted by molar-refractivity contribution is -0.265. The van der Waals surface area contributed by atoms with Gasteiger partial charge >= 0.3 is 5.97 Å². The van der Waals surface area contributed by atoms with Crippen LogP contribution in [0, 0.1) is 35.5 Å². The van der Waals surface area contributed by atoms with Crippen LogP contribution in [0.1, 0.15) is 126 Å². The van der Waals surface area contributed by atoms with E-state index in [1.807, 2.05) is 58.1 Å². The molecule has 0 unspecified atom stereocenters. The Kier molecular flexibility index (Phi) is 27.7. The van der Waals surface area contributed by atoms with Crippen molar-refractivity contribution in [1.29, 1.82) is 0 Å². The van der Waals surface area contributed by atoms with Gasteiger partial charge in [-0.3, -0.25) is 19.2 Å². The van der Waals surface area contributed by atoms with Gasteiger partial charge in [-0.1, -0.05) is 71.1 Å². The van der Waals surface area contributed by atoms with E-state index in [1.165, 1.54) is 12.0 Å². The Morgan fingerprint density at radius 2 is 1.48 bits per heavy atom. The van der Waals surface area contributed by atoms with Crippen LogP contribution in [0.3, 0.4) is 0 Å². The predicted octanol–water partition coefficient (Wildman–Crippen LogP) is 6.88. The van der Waals surface area contributed by atoms with E-state index >= 15 is 0 Å². The van der Waals surface area contributed by atoms with Gasteiger partial charge in [-0.05, 0) is 107 Å². The smallest absolute Gasteiger partial charge is 0.329 e. The Labute approximate surface area is 447 Å². The fraction of sp³-hybridized carbons (Fsp3) is 0.776. The molecule has 0 aromatic heterocycles. The Morgan fingerprint density at radius 3 is 2.16 bits per heavy atom. The zero-order valence-electron chi connectivity index (χ0n) is 47.0. The summed E-state index contributed by atoms with van der Waals surface area (Å²) in [5.74, 6) is -7.97. The Balaban J connectivity index is 1.62. The maximum absolute atomic E-state index is 14.6. The van der Waals surface area contributed by atoms with Gasteiger partial charge < -0.3 is 57.7 Å². The number of amides is 1. The predicted molar refractivity (Wildman–Crippen MR) is 282 cm³/mol. The average Bonchev–Trinajstić information content (AvgIpc) is 3.39. The van der Waals surface area contributed by atoms with E-state index in [4.69, 9.17) is 42.6 Å². The van der Waals surface area contributed by atoms with Crippen LogP contribution in [0.5, 0.6) is 0 Å². The lowest BCUT2D eigenvalue weighted by atomic mass is 9.78. The molecule has 3 fully saturated rings. The zero-order valence-corrected chi connectivity index (χ0v) is 47.0. The number of nitrogens with zero attached hydrogens (tertiary/aromatic N) is 1. The van der Waals surface area contributed by atoms with E-state index < -0.39 is 77.8 Å². The molecule has 426 valence electrons. The fourth-order valence-electron chi connectivity index (χ4n) is 11.0. The second-order valence-corrected chi connectivity index (χ2v) is 21.7. The number of hydrogen-bond donors (Lipinski definition) is 2. The summed E-state index contributed by atoms with van der Waals surface area (Å²) in [4.78, 5) is 72.6. The number of hydrogen-bond acceptors (Lipinski definition) is 16. The Morgan fingerprint density at radius 1 is 0.773 bits per heavy atom. The average molecular weight is 1060 g/mol. The zero-order chi connectivity index (χ0) is 55.2. The molecule has 0 spiro atoms. The van der Waals surface area contributed by atoms with Crippen LogP contribution in [0.4, 0.5) is 0 Å². The molecular weight excluding hydrogens is 967 g/mol. The minimum atomic E-state index is -2.44. The highest BCUT2D eigenvalue weighted by Crippen LogP contribution is 2.38. The summed E-state index contributed by atoms with van der Waals surface area (Å²) >= 11 is 0. The standard InChI is InChI=1S/C58H93NO16/c1-37-17-13-12-14-18-38(2)49(68-9)35-45-22-20-43(7)58(66,75-45)55(63)56(64)59-24-16-15-19-46(59)57(65)74-50(36-47(60)39(3)32-42(6)53(62)54(70-11)52(61)41(5)31-37)40(4)33-44-21-23-48(51(34-44)69-10)73-30-29-72-28-27-71-26-25-67-8/h12-14,17-18,32,37,39-41,43-46,48-51,53-54,62,66H,15-16,19-31,33-36H2,1-11H3/b14-12+,17-13+,38-18+,42-32+/t37-,39-,40-,41-,43-,44+,45+,46+,48-,49+,50+,51-,53-,54+,58-/m1/s1. The number of piperidine rings is 1. The van der Waals surface area contributed by atoms with E-state index in [0.717, 1.165) is 18.4 Å². The van der Waals surface area contributed by atoms with Crippen molar-refractivity contribution in [2.75, 3.05) is 74.6 Å². The molecule has 2 bridgehead atoms. The topological polar surface area (TPSA) is 212 Å². The van der Waals surface area contributed by atoms with Crippen LogP contribution in [0.25, 0.3) is 0 Å². The molecule has 0 aromatic rings. The third-order valence-electron chi connectivity index (χ3n) is 15.8. The van der Waals surface area contributed by atoms with Gasteiger partial charge in [-0.2, -0.15) is 0 Å². The van der Waals surface area contributed by atoms with E-state index in [9.17, 15) is 34.2 Å². The maximum atomic E-state index is 14.6. The maximum Gasteiger partial charge on any atom is 0.329 e. The summed E-state index contributed by atoms with van der Waals surface area (Å²) in [7, 11) is 6.25. The molecule has 3 heterocycles. The third-order valence-corrected chi connectivity index (χ3v) is 15.8. The Hall–Kier alpha value is -3.49. The van der Waals surface area contributed by atoms with Gasteiger partial charge in [-0.15, -0.1) is 0 Å². The molecule has 1 amide bonds. The summed E-state index contributed by atoms with van der Waals surface area (Å²) < 4.78 is 52.3. The molecule has 1 aliphatic carbocycles. The van der Waals surface area contributed by atoms with Crippen LogP contribution in [-0.2, 0) is 66.6 Å². The first-order valence-corrected chi connectivity index (χ1v) is 27.5. The van der Waals surface area contributed by atoms with Crippen molar-refractivity contribution in [2.45, 2.75) is 180 Å². The highest BCUT2D eigenvalue weighted by atomic mass is 16.6. The summed E-state index contributed by atoms with van der Waals surface area (Å²) in [6.07, 6.45) is 12.1. The molecule has 0 radical (unpaired) electrons. The van der Waals surface area contributed by atoms with Crippen molar-refractivity contribution in [3.8, 4) is 0 Å². The van der Waals surface area contributed by atoms with Crippen molar-refractivity contribution >= 4 is 29.2 Å². The number of carbonyl (C=O) groups excluding carboxylic acids is 5. The van der Waals surface area contributed by atoms with Crippen molar-refractivity contribution in [1.82, 2.24) is 4.90 Å². The van der Waals surface area contributed by atoms with Crippen molar-refractivity contribution in [2.24, 2.45) is 35.5 Å². The van der Waals surface area contributed by atoms with Gasteiger partial charge in [0.15, 0.2) is 5.78 Å². The van der Waals surface area contributed by atoms with E-state index in [0.29, 0.717) is 96.6 Å². The van der Waals surface area contributed by atoms with E-state index in [-0.39, 0.29) is 60.9 Å². The van der Waals surface area contributed by atoms with Crippen molar-refractivity contribution < 1.29 is 76.8 Å². The largest absolute Gasteiger partial charge is 0.460 e. The first-order chi connectivity index (χ1) is 35.8. The molecule has 2 N–H and O–H groups in total. The number of methoxy groups -OCH3 is 4. The summed E-state index contributed by atoms with van der Waals surface area (Å²) in [6.45, 7) is 15.6. The SMILES string of the molecule is COCCOCCOCCO[C@@H]1CC[C@@H](C[C@@H](C)[C@@H]2CC(=O)[C@H](C)/C=C(\C)[C@@H](O)[C@@H](OC)C(=O)[C@H](C)C[C@H](C)/C=C/C=C/C=C(\C)[C@@H](OC)C[C@@H]3CC[C@@H](C)[C@@](O)(O3)C(=O)C(=O)N3CCCC[C@H]3C(=O)O2)C[C@H]1OC. The van der Waals surface area contributed by atoms with Crippen LogP contribution < -0.4 is 0 Å². The third kappa shape index (κ3) is 19.1. The molecule has 4 aliphatic rings. The number of rotatable bonds is 16. The Bertz CT molecular complexity index is 1930. The van der Waals surface area contributed by atoms with Gasteiger partial charge in [0.2, 0.25) is 5.79 Å². The van der Waals surface area contributed by atoms with Gasteiger partial charge in [0, 0.05) is 65.6 Å². The number of Topliss-reactive ketones (excluding diaryl/α,β-unsaturated/α-hetero) is 3. The molecule has 0 aromatic carbocycles. The molecule has 15 atom stereocenters. The number of ketones is 3. The number of aliphatic hydroxyl groups excluding tert-OH is 1. The number of esters is 1. The molecule has 2 saturated heterocycles. The number of fused-ring (bicyclic) bond motifs is 3. The number of allylic oxidation sites excluding steroid dienone is 6. The monoisotopic (exact) mass is 1060 g/mol. The fourth-order valence-corrected chi connectivity index (χ4v) is 11.0. The summed E-state index contributed by atoms with van der Waals surface area (Å²) in [6, 6.07) is -1.15. The second-order valence-electron chi connectivity index (χ2n) is 21.7. The van der Waals surface area contributed by atoms with Gasteiger partial charge in [0.1, 0.15) is 30.1 Å². The molecule has 3 aliphatic heterocycles. The normalized spacial score (nSPS) is 36.6. The highest BCUT2D eigenvalue weighted by Gasteiger charge is 2.53. The molecule has 75 heavy (non-hydrogen) atoms. The number of ether oxygens (including phenoxy) is 9. The first kappa shape index (κ1) is 64.0. The molecule has 1 saturated carbocycles. The lowest BCUT2D eigenvalue weighted by Gasteiger charge is -2.42. The van der Waals surface area contributed by atoms with Crippen molar-refractivity contribution in [3.05, 3.63) is 47.6 Å². The minimum absolute atomic E-state index is 0.0129. The van der Waals surface area contributed by atoms with Crippen LogP contribution in [0.15, 0.2) is 47.6 Å². The number of carbonyl (C=O) groups is 5.